The lowest BCUT2D eigenvalue weighted by atomic mass is 10.0. The number of fused-ring (bicyclic) bond motifs is 2. The van der Waals surface area contributed by atoms with Crippen LogP contribution in [0.5, 0.6) is 0 Å². The van der Waals surface area contributed by atoms with Gasteiger partial charge in [0.2, 0.25) is 5.95 Å². The van der Waals surface area contributed by atoms with Crippen LogP contribution in [-0.4, -0.2) is 30.9 Å². The van der Waals surface area contributed by atoms with Crippen molar-refractivity contribution in [3.63, 3.8) is 0 Å². The monoisotopic (exact) mass is 452 g/mol. The number of nitriles is 1. The van der Waals surface area contributed by atoms with Crippen LogP contribution in [0, 0.1) is 11.3 Å². The fraction of sp³-hybridized carbons (Fsp3) is 0.320. The number of nitrogens with zero attached hydrogens (tertiary/aromatic N) is 6. The summed E-state index contributed by atoms with van der Waals surface area (Å²) in [5, 5.41) is 16.7. The summed E-state index contributed by atoms with van der Waals surface area (Å²) in [5.41, 5.74) is 4.07. The maximum atomic E-state index is 13.1. The van der Waals surface area contributed by atoms with Gasteiger partial charge in [0.25, 0.3) is 5.56 Å². The Labute approximate surface area is 196 Å². The van der Waals surface area contributed by atoms with Crippen LogP contribution >= 0.6 is 0 Å². The van der Waals surface area contributed by atoms with Crippen molar-refractivity contribution < 1.29 is 0 Å². The van der Waals surface area contributed by atoms with E-state index in [0.717, 1.165) is 43.7 Å². The Bertz CT molecular complexity index is 1520. The minimum absolute atomic E-state index is 0.168. The van der Waals surface area contributed by atoms with Crippen LogP contribution in [0.15, 0.2) is 47.4 Å². The standard InChI is InChI=1S/C25H24N8O/c1-2-32-23(34)19-14-28-24(29-18-7-6-17-13-27-11-8-16(17)12-18)31-22(19)33(32)21-5-3-4-20(30-21)25(15-26)9-10-25/h3-7,12,14,27H,2,8-11,13H2,1H3,(H,28,29,31). The first-order chi connectivity index (χ1) is 16.6. The lowest BCUT2D eigenvalue weighted by Gasteiger charge is -2.18. The predicted octanol–water partition coefficient (Wildman–Crippen LogP) is 2.94. The van der Waals surface area contributed by atoms with Gasteiger partial charge in [-0.05, 0) is 68.1 Å². The Morgan fingerprint density at radius 1 is 1.21 bits per heavy atom. The number of hydrogen-bond donors (Lipinski definition) is 2. The number of hydrogen-bond acceptors (Lipinski definition) is 7. The smallest absolute Gasteiger partial charge is 0.278 e. The molecule has 9 nitrogen and oxygen atoms in total. The first-order valence-corrected chi connectivity index (χ1v) is 11.6. The van der Waals surface area contributed by atoms with E-state index in [1.54, 1.807) is 15.6 Å². The van der Waals surface area contributed by atoms with E-state index >= 15 is 0 Å². The Hall–Kier alpha value is -4.03. The molecule has 1 aliphatic carbocycles. The van der Waals surface area contributed by atoms with Crippen molar-refractivity contribution in [3.8, 4) is 11.9 Å². The summed E-state index contributed by atoms with van der Waals surface area (Å²) in [5.74, 6) is 0.981. The maximum absolute atomic E-state index is 13.1. The first kappa shape index (κ1) is 20.6. The number of pyridine rings is 1. The molecule has 0 unspecified atom stereocenters. The van der Waals surface area contributed by atoms with E-state index < -0.39 is 5.41 Å². The lowest BCUT2D eigenvalue weighted by molar-refractivity contribution is 0.566. The van der Waals surface area contributed by atoms with Gasteiger partial charge in [-0.3, -0.25) is 4.79 Å². The van der Waals surface area contributed by atoms with Crippen molar-refractivity contribution >= 4 is 22.7 Å². The van der Waals surface area contributed by atoms with E-state index in [-0.39, 0.29) is 5.56 Å². The van der Waals surface area contributed by atoms with Crippen molar-refractivity contribution in [2.45, 2.75) is 44.7 Å². The summed E-state index contributed by atoms with van der Waals surface area (Å²) in [6, 6.07) is 14.3. The SMILES string of the molecule is CCn1c(=O)c2cnc(Nc3ccc4c(c3)CCNC4)nc2n1-c1cccc(C2(C#N)CC2)n1. The highest BCUT2D eigenvalue weighted by Crippen LogP contribution is 2.46. The van der Waals surface area contributed by atoms with Crippen LogP contribution in [0.25, 0.3) is 16.9 Å². The van der Waals surface area contributed by atoms with Gasteiger partial charge in [0.1, 0.15) is 5.39 Å². The van der Waals surface area contributed by atoms with Crippen molar-refractivity contribution in [3.05, 3.63) is 69.8 Å². The van der Waals surface area contributed by atoms with Crippen LogP contribution < -0.4 is 16.2 Å². The largest absolute Gasteiger partial charge is 0.324 e. The topological polar surface area (TPSA) is 113 Å². The van der Waals surface area contributed by atoms with Gasteiger partial charge >= 0.3 is 0 Å². The number of rotatable bonds is 5. The van der Waals surface area contributed by atoms with Crippen LogP contribution in [0.2, 0.25) is 0 Å². The molecule has 1 aliphatic heterocycles. The molecule has 3 aromatic heterocycles. The average Bonchev–Trinajstić information content (AvgIpc) is 3.63. The molecule has 0 radical (unpaired) electrons. The molecule has 34 heavy (non-hydrogen) atoms. The fourth-order valence-electron chi connectivity index (χ4n) is 4.65. The molecule has 4 heterocycles. The van der Waals surface area contributed by atoms with Crippen LogP contribution in [0.4, 0.5) is 11.6 Å². The third-order valence-electron chi connectivity index (χ3n) is 6.73. The summed E-state index contributed by atoms with van der Waals surface area (Å²) in [4.78, 5) is 27.0. The normalized spacial score (nSPS) is 16.1. The van der Waals surface area contributed by atoms with Gasteiger partial charge < -0.3 is 10.6 Å². The minimum Gasteiger partial charge on any atom is -0.324 e. The Morgan fingerprint density at radius 2 is 2.09 bits per heavy atom. The number of aromatic nitrogens is 5. The Kier molecular flexibility index (Phi) is 4.71. The van der Waals surface area contributed by atoms with Gasteiger partial charge in [-0.15, -0.1) is 0 Å². The second kappa shape index (κ2) is 7.78. The van der Waals surface area contributed by atoms with Gasteiger partial charge in [-0.1, -0.05) is 12.1 Å². The molecule has 2 aliphatic rings. The van der Waals surface area contributed by atoms with Crippen LogP contribution in [0.1, 0.15) is 36.6 Å². The van der Waals surface area contributed by atoms with Crippen molar-refractivity contribution in [2.75, 3.05) is 11.9 Å². The highest BCUT2D eigenvalue weighted by atomic mass is 16.1. The zero-order valence-corrected chi connectivity index (χ0v) is 18.9. The molecule has 1 saturated carbocycles. The Balaban J connectivity index is 1.44. The molecular formula is C25H24N8O. The molecule has 4 aromatic rings. The molecule has 0 saturated heterocycles. The third-order valence-corrected chi connectivity index (χ3v) is 6.73. The van der Waals surface area contributed by atoms with Gasteiger partial charge in [0, 0.05) is 25.0 Å². The molecule has 0 spiro atoms. The minimum atomic E-state index is -0.514. The van der Waals surface area contributed by atoms with Crippen molar-refractivity contribution in [1.29, 1.82) is 5.26 Å². The van der Waals surface area contributed by atoms with E-state index in [1.165, 1.54) is 11.1 Å². The zero-order valence-electron chi connectivity index (χ0n) is 18.9. The fourth-order valence-corrected chi connectivity index (χ4v) is 4.65. The van der Waals surface area contributed by atoms with Crippen molar-refractivity contribution in [1.82, 2.24) is 29.6 Å². The molecule has 1 fully saturated rings. The van der Waals surface area contributed by atoms with Gasteiger partial charge in [0.05, 0.1) is 17.2 Å². The first-order valence-electron chi connectivity index (χ1n) is 11.6. The summed E-state index contributed by atoms with van der Waals surface area (Å²) >= 11 is 0. The van der Waals surface area contributed by atoms with E-state index in [9.17, 15) is 10.1 Å². The zero-order chi connectivity index (χ0) is 23.3. The highest BCUT2D eigenvalue weighted by molar-refractivity contribution is 5.77. The van der Waals surface area contributed by atoms with E-state index in [1.807, 2.05) is 31.2 Å². The van der Waals surface area contributed by atoms with Gasteiger partial charge in [-0.25, -0.2) is 19.3 Å². The van der Waals surface area contributed by atoms with E-state index in [4.69, 9.17) is 9.97 Å². The highest BCUT2D eigenvalue weighted by Gasteiger charge is 2.46. The lowest BCUT2D eigenvalue weighted by Crippen LogP contribution is -2.23. The van der Waals surface area contributed by atoms with E-state index in [2.05, 4.69) is 33.8 Å². The maximum Gasteiger partial charge on any atom is 0.278 e. The third kappa shape index (κ3) is 3.26. The molecule has 2 N–H and O–H groups in total. The molecule has 1 aromatic carbocycles. The Morgan fingerprint density at radius 3 is 2.88 bits per heavy atom. The predicted molar refractivity (Wildman–Crippen MR) is 128 cm³/mol. The van der Waals surface area contributed by atoms with Gasteiger partial charge in [0.15, 0.2) is 11.5 Å². The van der Waals surface area contributed by atoms with Crippen LogP contribution in [0.3, 0.4) is 0 Å². The second-order valence-electron chi connectivity index (χ2n) is 8.87. The summed E-state index contributed by atoms with van der Waals surface area (Å²) in [6.07, 6.45) is 4.16. The van der Waals surface area contributed by atoms with E-state index in [0.29, 0.717) is 29.3 Å². The molecule has 9 heteroatoms. The number of anilines is 2. The van der Waals surface area contributed by atoms with Crippen LogP contribution in [-0.2, 0) is 24.9 Å². The summed E-state index contributed by atoms with van der Waals surface area (Å²) in [6.45, 7) is 4.21. The molecule has 0 bridgehead atoms. The van der Waals surface area contributed by atoms with Gasteiger partial charge in [-0.2, -0.15) is 10.2 Å². The summed E-state index contributed by atoms with van der Waals surface area (Å²) in [7, 11) is 0. The molecule has 0 atom stereocenters. The molecule has 170 valence electrons. The average molecular weight is 453 g/mol. The molecule has 0 amide bonds. The number of benzene rings is 1. The van der Waals surface area contributed by atoms with Crippen molar-refractivity contribution in [2.24, 2.45) is 0 Å². The molecule has 6 rings (SSSR count). The summed E-state index contributed by atoms with van der Waals surface area (Å²) < 4.78 is 3.34. The quantitative estimate of drug-likeness (QED) is 0.479. The number of nitrogens with one attached hydrogen (secondary N) is 2. The second-order valence-corrected chi connectivity index (χ2v) is 8.87. The molecular weight excluding hydrogens is 428 g/mol.